The first-order valence-corrected chi connectivity index (χ1v) is 9.81. The standard InChI is InChI=1S/C20H29N3O2/c24-20(22-10-6-16-3-1-2-9-21-16)17-8-12-25-19-7-11-23(14-18(17)19)13-15-4-5-15/h1-3,9,15,17-19H,4-8,10-14H2,(H,22,24)/t17-,18+,19-/m0/s1. The lowest BCUT2D eigenvalue weighted by atomic mass is 9.79. The summed E-state index contributed by atoms with van der Waals surface area (Å²) >= 11 is 0. The molecule has 3 aliphatic rings. The first-order chi connectivity index (χ1) is 12.3. The Hall–Kier alpha value is -1.46. The molecular formula is C20H29N3O2. The molecule has 1 amide bonds. The third-order valence-corrected chi connectivity index (χ3v) is 5.91. The number of nitrogens with zero attached hydrogens (tertiary/aromatic N) is 2. The van der Waals surface area contributed by atoms with Crippen molar-refractivity contribution < 1.29 is 9.53 Å². The Morgan fingerprint density at radius 2 is 2.20 bits per heavy atom. The van der Waals surface area contributed by atoms with E-state index in [1.165, 1.54) is 19.4 Å². The van der Waals surface area contributed by atoms with Crippen molar-refractivity contribution in [2.45, 2.75) is 38.2 Å². The summed E-state index contributed by atoms with van der Waals surface area (Å²) < 4.78 is 5.99. The van der Waals surface area contributed by atoms with E-state index in [1.807, 2.05) is 18.2 Å². The monoisotopic (exact) mass is 343 g/mol. The molecule has 3 heterocycles. The molecule has 0 unspecified atom stereocenters. The molecule has 4 rings (SSSR count). The Labute approximate surface area is 150 Å². The highest BCUT2D eigenvalue weighted by Crippen LogP contribution is 2.36. The van der Waals surface area contributed by atoms with Crippen molar-refractivity contribution in [2.75, 3.05) is 32.8 Å². The van der Waals surface area contributed by atoms with Crippen LogP contribution in [-0.4, -0.2) is 54.7 Å². The highest BCUT2D eigenvalue weighted by atomic mass is 16.5. The number of carbonyl (C=O) groups is 1. The summed E-state index contributed by atoms with van der Waals surface area (Å²) in [6, 6.07) is 5.91. The molecule has 136 valence electrons. The molecule has 1 aromatic rings. The molecule has 1 aromatic heterocycles. The number of nitrogens with one attached hydrogen (secondary N) is 1. The molecule has 3 atom stereocenters. The Bertz CT molecular complexity index is 576. The third-order valence-electron chi connectivity index (χ3n) is 5.91. The van der Waals surface area contributed by atoms with Gasteiger partial charge in [-0.2, -0.15) is 0 Å². The van der Waals surface area contributed by atoms with Crippen molar-refractivity contribution in [1.82, 2.24) is 15.2 Å². The van der Waals surface area contributed by atoms with Crippen LogP contribution >= 0.6 is 0 Å². The highest BCUT2D eigenvalue weighted by molar-refractivity contribution is 5.79. The predicted molar refractivity (Wildman–Crippen MR) is 96.1 cm³/mol. The summed E-state index contributed by atoms with van der Waals surface area (Å²) in [6.45, 7) is 4.76. The van der Waals surface area contributed by atoms with Crippen molar-refractivity contribution >= 4 is 5.91 Å². The lowest BCUT2D eigenvalue weighted by molar-refractivity contribution is -0.141. The fourth-order valence-electron chi connectivity index (χ4n) is 4.33. The van der Waals surface area contributed by atoms with E-state index in [0.717, 1.165) is 50.6 Å². The molecule has 0 spiro atoms. The number of rotatable bonds is 6. The minimum absolute atomic E-state index is 0.101. The van der Waals surface area contributed by atoms with Crippen molar-refractivity contribution in [3.8, 4) is 0 Å². The van der Waals surface area contributed by atoms with Crippen molar-refractivity contribution in [2.24, 2.45) is 17.8 Å². The second-order valence-corrected chi connectivity index (χ2v) is 7.82. The number of hydrogen-bond acceptors (Lipinski definition) is 4. The van der Waals surface area contributed by atoms with Crippen LogP contribution in [0.5, 0.6) is 0 Å². The van der Waals surface area contributed by atoms with Crippen LogP contribution in [0.2, 0.25) is 0 Å². The van der Waals surface area contributed by atoms with E-state index in [9.17, 15) is 4.79 Å². The second-order valence-electron chi connectivity index (χ2n) is 7.82. The third kappa shape index (κ3) is 4.39. The Kier molecular flexibility index (Phi) is 5.32. The van der Waals surface area contributed by atoms with Gasteiger partial charge in [0.2, 0.25) is 5.91 Å². The molecule has 2 saturated heterocycles. The van der Waals surface area contributed by atoms with Gasteiger partial charge in [-0.15, -0.1) is 0 Å². The van der Waals surface area contributed by atoms with Gasteiger partial charge in [0, 0.05) is 62.9 Å². The molecule has 3 fully saturated rings. The van der Waals surface area contributed by atoms with Gasteiger partial charge in [0.15, 0.2) is 0 Å². The summed E-state index contributed by atoms with van der Waals surface area (Å²) in [6.07, 6.45) is 7.57. The topological polar surface area (TPSA) is 54.5 Å². The van der Waals surface area contributed by atoms with E-state index in [4.69, 9.17) is 4.74 Å². The fraction of sp³-hybridized carbons (Fsp3) is 0.700. The summed E-state index contributed by atoms with van der Waals surface area (Å²) in [5.41, 5.74) is 1.03. The Balaban J connectivity index is 1.30. The van der Waals surface area contributed by atoms with Gasteiger partial charge in [-0.25, -0.2) is 0 Å². The van der Waals surface area contributed by atoms with Crippen LogP contribution in [0.25, 0.3) is 0 Å². The van der Waals surface area contributed by atoms with Gasteiger partial charge >= 0.3 is 0 Å². The summed E-state index contributed by atoms with van der Waals surface area (Å²) in [4.78, 5) is 19.7. The first kappa shape index (κ1) is 17.0. The van der Waals surface area contributed by atoms with E-state index >= 15 is 0 Å². The van der Waals surface area contributed by atoms with Gasteiger partial charge in [-0.05, 0) is 43.7 Å². The molecule has 25 heavy (non-hydrogen) atoms. The van der Waals surface area contributed by atoms with E-state index in [1.54, 1.807) is 6.20 Å². The maximum absolute atomic E-state index is 12.8. The van der Waals surface area contributed by atoms with Gasteiger partial charge in [0.25, 0.3) is 0 Å². The quantitative estimate of drug-likeness (QED) is 0.857. The van der Waals surface area contributed by atoms with Crippen LogP contribution in [0, 0.1) is 17.8 Å². The molecule has 0 bridgehead atoms. The largest absolute Gasteiger partial charge is 0.378 e. The average molecular weight is 343 g/mol. The van der Waals surface area contributed by atoms with Crippen LogP contribution in [0.4, 0.5) is 0 Å². The Morgan fingerprint density at radius 3 is 3.00 bits per heavy atom. The number of fused-ring (bicyclic) bond motifs is 1. The summed E-state index contributed by atoms with van der Waals surface area (Å²) in [5, 5.41) is 3.15. The fourth-order valence-corrected chi connectivity index (χ4v) is 4.33. The number of likely N-dealkylation sites (tertiary alicyclic amines) is 1. The molecule has 1 saturated carbocycles. The predicted octanol–water partition coefficient (Wildman–Crippen LogP) is 1.88. The number of piperidine rings is 1. The van der Waals surface area contributed by atoms with Crippen molar-refractivity contribution in [1.29, 1.82) is 0 Å². The number of pyridine rings is 1. The lowest BCUT2D eigenvalue weighted by Gasteiger charge is -2.44. The van der Waals surface area contributed by atoms with Crippen LogP contribution in [0.15, 0.2) is 24.4 Å². The number of carbonyl (C=O) groups excluding carboxylic acids is 1. The molecular weight excluding hydrogens is 314 g/mol. The van der Waals surface area contributed by atoms with Crippen molar-refractivity contribution in [3.63, 3.8) is 0 Å². The molecule has 2 aliphatic heterocycles. The van der Waals surface area contributed by atoms with Crippen LogP contribution < -0.4 is 5.32 Å². The smallest absolute Gasteiger partial charge is 0.223 e. The molecule has 1 aliphatic carbocycles. The molecule has 5 nitrogen and oxygen atoms in total. The van der Waals surface area contributed by atoms with Crippen LogP contribution in [0.1, 0.15) is 31.4 Å². The number of hydrogen-bond donors (Lipinski definition) is 1. The molecule has 0 radical (unpaired) electrons. The molecule has 1 N–H and O–H groups in total. The number of aromatic nitrogens is 1. The minimum atomic E-state index is 0.101. The highest BCUT2D eigenvalue weighted by Gasteiger charge is 2.42. The summed E-state index contributed by atoms with van der Waals surface area (Å²) in [5.74, 6) is 1.58. The zero-order valence-corrected chi connectivity index (χ0v) is 14.9. The van der Waals surface area contributed by atoms with Crippen LogP contribution in [0.3, 0.4) is 0 Å². The van der Waals surface area contributed by atoms with Crippen LogP contribution in [-0.2, 0) is 16.0 Å². The lowest BCUT2D eigenvalue weighted by Crippen LogP contribution is -2.53. The van der Waals surface area contributed by atoms with E-state index in [0.29, 0.717) is 12.5 Å². The second kappa shape index (κ2) is 7.83. The van der Waals surface area contributed by atoms with E-state index in [2.05, 4.69) is 15.2 Å². The van der Waals surface area contributed by atoms with Gasteiger partial charge in [0.1, 0.15) is 0 Å². The molecule has 5 heteroatoms. The maximum atomic E-state index is 12.8. The first-order valence-electron chi connectivity index (χ1n) is 9.81. The maximum Gasteiger partial charge on any atom is 0.223 e. The zero-order chi connectivity index (χ0) is 17.1. The number of amides is 1. The normalized spacial score (nSPS) is 29.8. The van der Waals surface area contributed by atoms with Gasteiger partial charge < -0.3 is 15.0 Å². The van der Waals surface area contributed by atoms with E-state index < -0.39 is 0 Å². The SMILES string of the molecule is O=C(NCCc1ccccn1)[C@H]1CCO[C@H]2CCN(CC3CC3)C[C@@H]21. The zero-order valence-electron chi connectivity index (χ0n) is 14.9. The summed E-state index contributed by atoms with van der Waals surface area (Å²) in [7, 11) is 0. The Morgan fingerprint density at radius 1 is 1.28 bits per heavy atom. The van der Waals surface area contributed by atoms with Crippen molar-refractivity contribution in [3.05, 3.63) is 30.1 Å². The van der Waals surface area contributed by atoms with Gasteiger partial charge in [-0.3, -0.25) is 9.78 Å². The number of ether oxygens (including phenoxy) is 1. The van der Waals surface area contributed by atoms with Gasteiger partial charge in [-0.1, -0.05) is 6.07 Å². The minimum Gasteiger partial charge on any atom is -0.378 e. The molecule has 0 aromatic carbocycles. The average Bonchev–Trinajstić information content (AvgIpc) is 3.46. The van der Waals surface area contributed by atoms with Gasteiger partial charge in [0.05, 0.1) is 6.10 Å². The van der Waals surface area contributed by atoms with E-state index in [-0.39, 0.29) is 17.9 Å².